The molecule has 1 aliphatic heterocycles. The number of hydrogen-bond acceptors (Lipinski definition) is 2. The van der Waals surface area contributed by atoms with Crippen molar-refractivity contribution in [1.29, 1.82) is 0 Å². The van der Waals surface area contributed by atoms with Gasteiger partial charge >= 0.3 is 0 Å². The van der Waals surface area contributed by atoms with Gasteiger partial charge < -0.3 is 10.6 Å². The summed E-state index contributed by atoms with van der Waals surface area (Å²) in [4.78, 5) is 0. The van der Waals surface area contributed by atoms with Crippen molar-refractivity contribution in [1.82, 2.24) is 10.6 Å². The van der Waals surface area contributed by atoms with E-state index in [0.29, 0.717) is 0 Å². The van der Waals surface area contributed by atoms with E-state index < -0.39 is 0 Å². The molecule has 1 heterocycles. The number of hydrogen-bond donors (Lipinski definition) is 2. The Bertz CT molecular complexity index is 457. The maximum absolute atomic E-state index is 3.74. The largest absolute Gasteiger partial charge is 0.316 e. The lowest BCUT2D eigenvalue weighted by Crippen LogP contribution is -2.43. The van der Waals surface area contributed by atoms with Crippen molar-refractivity contribution in [3.05, 3.63) is 41.5 Å². The Morgan fingerprint density at radius 1 is 1.23 bits per heavy atom. The van der Waals surface area contributed by atoms with Crippen LogP contribution in [0.5, 0.6) is 0 Å². The van der Waals surface area contributed by atoms with Crippen LogP contribution < -0.4 is 10.6 Å². The van der Waals surface area contributed by atoms with Gasteiger partial charge in [0, 0.05) is 6.04 Å². The summed E-state index contributed by atoms with van der Waals surface area (Å²) < 4.78 is 0. The molecule has 0 bridgehead atoms. The SMILES string of the molecule is CC/C(=C\c1ccccc1)[C@@H]1C[C@H]1NCCC1CNC1.Cl.Cl. The minimum absolute atomic E-state index is 0. The van der Waals surface area contributed by atoms with E-state index in [1.807, 2.05) is 0 Å². The highest BCUT2D eigenvalue weighted by Gasteiger charge is 2.38. The Hall–Kier alpha value is -0.540. The lowest BCUT2D eigenvalue weighted by atomic mass is 9.99. The Kier molecular flexibility index (Phi) is 8.48. The van der Waals surface area contributed by atoms with Crippen LogP contribution in [0.25, 0.3) is 6.08 Å². The standard InChI is InChI=1S/C18H26N2.2ClH/c1-2-16(10-14-6-4-3-5-7-14)17-11-18(17)20-9-8-15-12-19-13-15;;/h3-7,10,15,17-20H,2,8-9,11-13H2,1H3;2*1H/b16-10+;;/t17-,18+;;/m0../s1. The van der Waals surface area contributed by atoms with Crippen molar-refractivity contribution in [2.75, 3.05) is 19.6 Å². The molecule has 1 saturated heterocycles. The fourth-order valence-electron chi connectivity index (χ4n) is 3.09. The number of halogens is 2. The van der Waals surface area contributed by atoms with E-state index in [9.17, 15) is 0 Å². The van der Waals surface area contributed by atoms with E-state index in [4.69, 9.17) is 0 Å². The van der Waals surface area contributed by atoms with Gasteiger partial charge in [-0.15, -0.1) is 24.8 Å². The van der Waals surface area contributed by atoms with E-state index >= 15 is 0 Å². The maximum Gasteiger partial charge on any atom is 0.0139 e. The Morgan fingerprint density at radius 3 is 2.55 bits per heavy atom. The van der Waals surface area contributed by atoms with Gasteiger partial charge in [-0.3, -0.25) is 0 Å². The highest BCUT2D eigenvalue weighted by atomic mass is 35.5. The first-order valence-corrected chi connectivity index (χ1v) is 8.06. The number of nitrogens with one attached hydrogen (secondary N) is 2. The van der Waals surface area contributed by atoms with Crippen molar-refractivity contribution in [2.45, 2.75) is 32.2 Å². The molecule has 0 amide bonds. The van der Waals surface area contributed by atoms with Crippen molar-refractivity contribution < 1.29 is 0 Å². The molecule has 22 heavy (non-hydrogen) atoms. The molecule has 2 atom stereocenters. The molecule has 1 aromatic carbocycles. The Labute approximate surface area is 147 Å². The second-order valence-corrected chi connectivity index (χ2v) is 6.20. The Morgan fingerprint density at radius 2 is 1.95 bits per heavy atom. The zero-order valence-electron chi connectivity index (χ0n) is 13.3. The molecule has 124 valence electrons. The molecule has 2 fully saturated rings. The first kappa shape index (κ1) is 19.5. The summed E-state index contributed by atoms with van der Waals surface area (Å²) in [5, 5.41) is 7.08. The highest BCUT2D eigenvalue weighted by molar-refractivity contribution is 5.85. The Balaban J connectivity index is 0.00000121. The van der Waals surface area contributed by atoms with Crippen LogP contribution in [0.15, 0.2) is 35.9 Å². The monoisotopic (exact) mass is 342 g/mol. The van der Waals surface area contributed by atoms with E-state index in [1.54, 1.807) is 5.57 Å². The summed E-state index contributed by atoms with van der Waals surface area (Å²) in [5.41, 5.74) is 2.95. The van der Waals surface area contributed by atoms with E-state index in [1.165, 1.54) is 44.5 Å². The van der Waals surface area contributed by atoms with Crippen molar-refractivity contribution in [3.8, 4) is 0 Å². The van der Waals surface area contributed by atoms with Crippen LogP contribution in [-0.4, -0.2) is 25.7 Å². The van der Waals surface area contributed by atoms with Crippen LogP contribution in [0, 0.1) is 11.8 Å². The lowest BCUT2D eigenvalue weighted by molar-refractivity contribution is 0.321. The molecule has 3 rings (SSSR count). The normalized spacial score (nSPS) is 24.0. The van der Waals surface area contributed by atoms with Gasteiger partial charge in [0.05, 0.1) is 0 Å². The molecule has 2 nitrogen and oxygen atoms in total. The van der Waals surface area contributed by atoms with Gasteiger partial charge in [-0.25, -0.2) is 0 Å². The van der Waals surface area contributed by atoms with Crippen molar-refractivity contribution >= 4 is 30.9 Å². The van der Waals surface area contributed by atoms with Gasteiger partial charge in [-0.1, -0.05) is 48.9 Å². The number of rotatable bonds is 7. The predicted octanol–water partition coefficient (Wildman–Crippen LogP) is 3.91. The average Bonchev–Trinajstić information content (AvgIpc) is 3.19. The van der Waals surface area contributed by atoms with Crippen LogP contribution in [0.2, 0.25) is 0 Å². The molecule has 0 aromatic heterocycles. The minimum atomic E-state index is 0. The quantitative estimate of drug-likeness (QED) is 0.784. The number of benzene rings is 1. The van der Waals surface area contributed by atoms with Crippen molar-refractivity contribution in [3.63, 3.8) is 0 Å². The summed E-state index contributed by atoms with van der Waals surface area (Å²) in [6, 6.07) is 11.5. The third-order valence-electron chi connectivity index (χ3n) is 4.65. The molecule has 2 N–H and O–H groups in total. The van der Waals surface area contributed by atoms with Gasteiger partial charge in [0.1, 0.15) is 0 Å². The van der Waals surface area contributed by atoms with Gasteiger partial charge in [0.2, 0.25) is 0 Å². The lowest BCUT2D eigenvalue weighted by Gasteiger charge is -2.27. The molecular weight excluding hydrogens is 315 g/mol. The van der Waals surface area contributed by atoms with Gasteiger partial charge in [-0.2, -0.15) is 0 Å². The molecule has 1 aliphatic carbocycles. The minimum Gasteiger partial charge on any atom is -0.316 e. The molecular formula is C18H28Cl2N2. The van der Waals surface area contributed by atoms with E-state index in [0.717, 1.165) is 17.9 Å². The molecule has 0 spiro atoms. The molecule has 0 unspecified atom stereocenters. The summed E-state index contributed by atoms with van der Waals surface area (Å²) >= 11 is 0. The van der Waals surface area contributed by atoms with Crippen LogP contribution in [0.3, 0.4) is 0 Å². The maximum atomic E-state index is 3.74. The molecule has 0 radical (unpaired) electrons. The first-order chi connectivity index (χ1) is 9.86. The third kappa shape index (κ3) is 5.27. The zero-order valence-corrected chi connectivity index (χ0v) is 14.9. The highest BCUT2D eigenvalue weighted by Crippen LogP contribution is 2.39. The van der Waals surface area contributed by atoms with Gasteiger partial charge in [-0.05, 0) is 56.3 Å². The van der Waals surface area contributed by atoms with Crippen LogP contribution in [-0.2, 0) is 0 Å². The predicted molar refractivity (Wildman–Crippen MR) is 100 cm³/mol. The van der Waals surface area contributed by atoms with Gasteiger partial charge in [0.15, 0.2) is 0 Å². The van der Waals surface area contributed by atoms with Crippen molar-refractivity contribution in [2.24, 2.45) is 11.8 Å². The second kappa shape index (κ2) is 9.57. The zero-order chi connectivity index (χ0) is 13.8. The van der Waals surface area contributed by atoms with Crippen LogP contribution in [0.4, 0.5) is 0 Å². The summed E-state index contributed by atoms with van der Waals surface area (Å²) in [6.07, 6.45) is 6.22. The first-order valence-electron chi connectivity index (χ1n) is 8.06. The summed E-state index contributed by atoms with van der Waals surface area (Å²) in [6.45, 7) is 5.92. The second-order valence-electron chi connectivity index (χ2n) is 6.20. The molecule has 1 aromatic rings. The molecule has 2 aliphatic rings. The van der Waals surface area contributed by atoms with Crippen LogP contribution in [0.1, 0.15) is 31.7 Å². The topological polar surface area (TPSA) is 24.1 Å². The molecule has 1 saturated carbocycles. The van der Waals surface area contributed by atoms with Crippen LogP contribution >= 0.6 is 24.8 Å². The van der Waals surface area contributed by atoms with E-state index in [-0.39, 0.29) is 24.8 Å². The van der Waals surface area contributed by atoms with Gasteiger partial charge in [0.25, 0.3) is 0 Å². The molecule has 4 heteroatoms. The summed E-state index contributed by atoms with van der Waals surface area (Å²) in [5.74, 6) is 1.70. The van der Waals surface area contributed by atoms with E-state index in [2.05, 4.69) is 54.0 Å². The smallest absolute Gasteiger partial charge is 0.0139 e. The fourth-order valence-corrected chi connectivity index (χ4v) is 3.09. The fraction of sp³-hybridized carbons (Fsp3) is 0.556. The third-order valence-corrected chi connectivity index (χ3v) is 4.65. The summed E-state index contributed by atoms with van der Waals surface area (Å²) in [7, 11) is 0. The average molecular weight is 343 g/mol.